The number of hydrogen-bond acceptors (Lipinski definition) is 4. The molecule has 1 aromatic heterocycles. The number of para-hydroxylation sites is 1. The lowest BCUT2D eigenvalue weighted by atomic mass is 10.2. The van der Waals surface area contributed by atoms with Crippen molar-refractivity contribution >= 4 is 26.7 Å². The van der Waals surface area contributed by atoms with Gasteiger partial charge in [0.15, 0.2) is 5.58 Å². The quantitative estimate of drug-likeness (QED) is 0.804. The van der Waals surface area contributed by atoms with E-state index in [1.165, 1.54) is 18.2 Å². The Morgan fingerprint density at radius 1 is 1.14 bits per heavy atom. The second kappa shape index (κ2) is 5.17. The van der Waals surface area contributed by atoms with E-state index in [1.54, 1.807) is 24.3 Å². The molecule has 0 saturated carbocycles. The zero-order valence-electron chi connectivity index (χ0n) is 10.8. The molecule has 108 valence electrons. The summed E-state index contributed by atoms with van der Waals surface area (Å²) in [6.45, 7) is 0. The number of halogens is 1. The average Bonchev–Trinajstić information content (AvgIpc) is 2.81. The fourth-order valence-corrected chi connectivity index (χ4v) is 3.12. The van der Waals surface area contributed by atoms with Crippen molar-refractivity contribution in [3.05, 3.63) is 60.0 Å². The molecule has 5 nitrogen and oxygen atoms in total. The molecule has 0 aliphatic carbocycles. The topological polar surface area (TPSA) is 72.2 Å². The Balaban J connectivity index is 1.86. The number of nitrogens with zero attached hydrogens (tertiary/aromatic N) is 1. The van der Waals surface area contributed by atoms with Gasteiger partial charge in [0, 0.05) is 5.39 Å². The van der Waals surface area contributed by atoms with E-state index in [9.17, 15) is 12.8 Å². The average molecular weight is 306 g/mol. The minimum atomic E-state index is -3.70. The molecule has 7 heteroatoms. The highest BCUT2D eigenvalue weighted by molar-refractivity contribution is 7.91. The molecular weight excluding hydrogens is 295 g/mol. The van der Waals surface area contributed by atoms with Crippen molar-refractivity contribution in [2.75, 3.05) is 4.72 Å². The minimum absolute atomic E-state index is 0.169. The van der Waals surface area contributed by atoms with Crippen LogP contribution in [0.4, 0.5) is 10.1 Å². The predicted molar refractivity (Wildman–Crippen MR) is 76.7 cm³/mol. The maximum Gasteiger partial charge on any atom is 0.238 e. The van der Waals surface area contributed by atoms with Gasteiger partial charge in [-0.15, -0.1) is 0 Å². The van der Waals surface area contributed by atoms with Crippen LogP contribution >= 0.6 is 0 Å². The zero-order valence-corrected chi connectivity index (χ0v) is 11.6. The number of nitrogens with one attached hydrogen (secondary N) is 1. The molecule has 0 radical (unpaired) electrons. The maximum absolute atomic E-state index is 13.1. The summed E-state index contributed by atoms with van der Waals surface area (Å²) in [4.78, 5) is 0. The standard InChI is InChI=1S/C14H11FN2O3S/c15-10-4-3-5-11(8-10)17-21(18,19)9-13-12-6-1-2-7-14(12)20-16-13/h1-8,17H,9H2. The predicted octanol–water partition coefficient (Wildman–Crippen LogP) is 2.91. The third-order valence-corrected chi connectivity index (χ3v) is 4.08. The maximum atomic E-state index is 13.1. The van der Waals surface area contributed by atoms with Crippen molar-refractivity contribution in [3.8, 4) is 0 Å². The van der Waals surface area contributed by atoms with E-state index in [0.717, 1.165) is 6.07 Å². The lowest BCUT2D eigenvalue weighted by Gasteiger charge is -2.06. The third-order valence-electron chi connectivity index (χ3n) is 2.88. The molecule has 0 unspecified atom stereocenters. The fourth-order valence-electron chi connectivity index (χ4n) is 1.99. The normalized spacial score (nSPS) is 11.7. The van der Waals surface area contributed by atoms with Gasteiger partial charge in [0.25, 0.3) is 0 Å². The van der Waals surface area contributed by atoms with Crippen molar-refractivity contribution in [1.82, 2.24) is 5.16 Å². The van der Waals surface area contributed by atoms with E-state index in [2.05, 4.69) is 9.88 Å². The van der Waals surface area contributed by atoms with Gasteiger partial charge in [-0.05, 0) is 30.3 Å². The van der Waals surface area contributed by atoms with Crippen molar-refractivity contribution in [1.29, 1.82) is 0 Å². The molecule has 0 atom stereocenters. The van der Waals surface area contributed by atoms with Crippen LogP contribution in [0.5, 0.6) is 0 Å². The molecule has 0 bridgehead atoms. The Morgan fingerprint density at radius 3 is 2.76 bits per heavy atom. The van der Waals surface area contributed by atoms with Crippen LogP contribution in [-0.4, -0.2) is 13.6 Å². The van der Waals surface area contributed by atoms with E-state index in [4.69, 9.17) is 4.52 Å². The minimum Gasteiger partial charge on any atom is -0.356 e. The number of fused-ring (bicyclic) bond motifs is 1. The fraction of sp³-hybridized carbons (Fsp3) is 0.0714. The Labute approximate surface area is 120 Å². The van der Waals surface area contributed by atoms with E-state index in [-0.39, 0.29) is 11.4 Å². The highest BCUT2D eigenvalue weighted by Crippen LogP contribution is 2.21. The molecular formula is C14H11FN2O3S. The summed E-state index contributed by atoms with van der Waals surface area (Å²) < 4.78 is 44.7. The molecule has 0 aliphatic rings. The largest absolute Gasteiger partial charge is 0.356 e. The molecule has 0 amide bonds. The van der Waals surface area contributed by atoms with Gasteiger partial charge in [0.1, 0.15) is 17.3 Å². The van der Waals surface area contributed by atoms with Crippen LogP contribution in [0.3, 0.4) is 0 Å². The highest BCUT2D eigenvalue weighted by Gasteiger charge is 2.17. The number of anilines is 1. The Bertz CT molecular complexity index is 890. The number of aromatic nitrogens is 1. The summed E-state index contributed by atoms with van der Waals surface area (Å²) >= 11 is 0. The van der Waals surface area contributed by atoms with Crippen LogP contribution in [0, 0.1) is 5.82 Å². The van der Waals surface area contributed by atoms with Gasteiger partial charge < -0.3 is 4.52 Å². The second-order valence-electron chi connectivity index (χ2n) is 4.50. The first-order valence-corrected chi connectivity index (χ1v) is 7.78. The van der Waals surface area contributed by atoms with Gasteiger partial charge in [0.2, 0.25) is 10.0 Å². The van der Waals surface area contributed by atoms with E-state index in [1.807, 2.05) is 0 Å². The smallest absolute Gasteiger partial charge is 0.238 e. The molecule has 2 aromatic carbocycles. The molecule has 1 heterocycles. The Hall–Kier alpha value is -2.41. The summed E-state index contributed by atoms with van der Waals surface area (Å²) in [7, 11) is -3.70. The summed E-state index contributed by atoms with van der Waals surface area (Å²) in [6.07, 6.45) is 0. The van der Waals surface area contributed by atoms with Gasteiger partial charge in [-0.25, -0.2) is 12.8 Å². The van der Waals surface area contributed by atoms with Crippen LogP contribution in [0.2, 0.25) is 0 Å². The third kappa shape index (κ3) is 3.03. The number of rotatable bonds is 4. The zero-order chi connectivity index (χ0) is 14.9. The second-order valence-corrected chi connectivity index (χ2v) is 6.22. The Morgan fingerprint density at radius 2 is 1.95 bits per heavy atom. The van der Waals surface area contributed by atoms with E-state index in [0.29, 0.717) is 16.7 Å². The van der Waals surface area contributed by atoms with Crippen LogP contribution < -0.4 is 4.72 Å². The van der Waals surface area contributed by atoms with E-state index < -0.39 is 15.8 Å². The van der Waals surface area contributed by atoms with Crippen molar-refractivity contribution in [2.24, 2.45) is 0 Å². The summed E-state index contributed by atoms with van der Waals surface area (Å²) in [6, 6.07) is 12.2. The van der Waals surface area contributed by atoms with Crippen molar-refractivity contribution < 1.29 is 17.3 Å². The number of sulfonamides is 1. The summed E-state index contributed by atoms with van der Waals surface area (Å²) in [5.74, 6) is -0.859. The van der Waals surface area contributed by atoms with Gasteiger partial charge in [-0.3, -0.25) is 4.72 Å². The van der Waals surface area contributed by atoms with Crippen molar-refractivity contribution in [3.63, 3.8) is 0 Å². The van der Waals surface area contributed by atoms with E-state index >= 15 is 0 Å². The molecule has 3 aromatic rings. The van der Waals surface area contributed by atoms with Crippen LogP contribution in [-0.2, 0) is 15.8 Å². The number of benzene rings is 2. The molecule has 0 fully saturated rings. The lowest BCUT2D eigenvalue weighted by Crippen LogP contribution is -2.15. The van der Waals surface area contributed by atoms with Gasteiger partial charge in [0.05, 0.1) is 5.69 Å². The molecule has 0 aliphatic heterocycles. The SMILES string of the molecule is O=S(=O)(Cc1noc2ccccc12)Nc1cccc(F)c1. The molecule has 3 rings (SSSR count). The van der Waals surface area contributed by atoms with Crippen molar-refractivity contribution in [2.45, 2.75) is 5.75 Å². The molecule has 21 heavy (non-hydrogen) atoms. The highest BCUT2D eigenvalue weighted by atomic mass is 32.2. The monoisotopic (exact) mass is 306 g/mol. The first-order valence-electron chi connectivity index (χ1n) is 6.13. The first-order chi connectivity index (χ1) is 10.0. The van der Waals surface area contributed by atoms with Gasteiger partial charge >= 0.3 is 0 Å². The van der Waals surface area contributed by atoms with Gasteiger partial charge in [-0.2, -0.15) is 0 Å². The summed E-state index contributed by atoms with van der Waals surface area (Å²) in [5.41, 5.74) is 1.01. The Kier molecular flexibility index (Phi) is 3.34. The first kappa shape index (κ1) is 13.6. The van der Waals surface area contributed by atoms with Crippen LogP contribution in [0.1, 0.15) is 5.69 Å². The molecule has 0 spiro atoms. The summed E-state index contributed by atoms with van der Waals surface area (Å²) in [5, 5.41) is 4.41. The molecule has 1 N–H and O–H groups in total. The van der Waals surface area contributed by atoms with Crippen LogP contribution in [0.25, 0.3) is 11.0 Å². The number of hydrogen-bond donors (Lipinski definition) is 1. The lowest BCUT2D eigenvalue weighted by molar-refractivity contribution is 0.448. The molecule has 0 saturated heterocycles. The van der Waals surface area contributed by atoms with Gasteiger partial charge in [-0.1, -0.05) is 23.4 Å². The van der Waals surface area contributed by atoms with Crippen LogP contribution in [0.15, 0.2) is 53.1 Å².